The van der Waals surface area contributed by atoms with Crippen molar-refractivity contribution in [2.24, 2.45) is 0 Å². The standard InChI is InChI=1S/C22H25NO3/c1-22-11-4-12-23(22)21-10-9-19(25-3)13-20(21)16(14-22)15-26-18-7-5-17(24-2)6-8-18/h5-10,13-14H,4,11-12,15H2,1-3H3. The molecule has 26 heavy (non-hydrogen) atoms. The van der Waals surface area contributed by atoms with Crippen molar-refractivity contribution < 1.29 is 14.2 Å². The summed E-state index contributed by atoms with van der Waals surface area (Å²) in [6, 6.07) is 14.1. The van der Waals surface area contributed by atoms with Crippen LogP contribution in [0.1, 0.15) is 25.3 Å². The Labute approximate surface area is 155 Å². The highest BCUT2D eigenvalue weighted by molar-refractivity contribution is 5.84. The monoisotopic (exact) mass is 351 g/mol. The van der Waals surface area contributed by atoms with Crippen molar-refractivity contribution in [2.75, 3.05) is 32.3 Å². The molecule has 0 radical (unpaired) electrons. The van der Waals surface area contributed by atoms with Crippen molar-refractivity contribution in [3.8, 4) is 17.2 Å². The molecule has 2 aromatic carbocycles. The van der Waals surface area contributed by atoms with E-state index in [1.54, 1.807) is 14.2 Å². The summed E-state index contributed by atoms with van der Waals surface area (Å²) in [5.74, 6) is 2.55. The summed E-state index contributed by atoms with van der Waals surface area (Å²) in [5, 5.41) is 0. The summed E-state index contributed by atoms with van der Waals surface area (Å²) in [4.78, 5) is 2.51. The number of methoxy groups -OCH3 is 2. The third kappa shape index (κ3) is 2.90. The van der Waals surface area contributed by atoms with Gasteiger partial charge in [-0.3, -0.25) is 0 Å². The van der Waals surface area contributed by atoms with Gasteiger partial charge in [-0.1, -0.05) is 6.08 Å². The second-order valence-corrected chi connectivity index (χ2v) is 7.13. The van der Waals surface area contributed by atoms with E-state index < -0.39 is 0 Å². The highest BCUT2D eigenvalue weighted by atomic mass is 16.5. The fourth-order valence-corrected chi connectivity index (χ4v) is 4.07. The van der Waals surface area contributed by atoms with E-state index in [9.17, 15) is 0 Å². The van der Waals surface area contributed by atoms with E-state index in [1.165, 1.54) is 29.7 Å². The van der Waals surface area contributed by atoms with Gasteiger partial charge < -0.3 is 19.1 Å². The third-order valence-corrected chi connectivity index (χ3v) is 5.46. The first kappa shape index (κ1) is 16.8. The van der Waals surface area contributed by atoms with Crippen molar-refractivity contribution in [1.82, 2.24) is 0 Å². The first-order valence-corrected chi connectivity index (χ1v) is 9.07. The molecule has 1 fully saturated rings. The van der Waals surface area contributed by atoms with Crippen molar-refractivity contribution >= 4 is 11.3 Å². The maximum Gasteiger partial charge on any atom is 0.120 e. The molecule has 2 aromatic rings. The van der Waals surface area contributed by atoms with Crippen molar-refractivity contribution in [3.05, 3.63) is 54.1 Å². The first-order valence-electron chi connectivity index (χ1n) is 9.07. The number of anilines is 1. The number of benzene rings is 2. The molecule has 1 saturated heterocycles. The van der Waals surface area contributed by atoms with Crippen LogP contribution in [0.4, 0.5) is 5.69 Å². The largest absolute Gasteiger partial charge is 0.497 e. The Bertz CT molecular complexity index is 828. The zero-order chi connectivity index (χ0) is 18.1. The van der Waals surface area contributed by atoms with Crippen LogP contribution in [0.25, 0.3) is 5.57 Å². The van der Waals surface area contributed by atoms with Crippen LogP contribution in [-0.2, 0) is 0 Å². The van der Waals surface area contributed by atoms with Gasteiger partial charge in [0.05, 0.1) is 19.8 Å². The molecule has 0 saturated carbocycles. The quantitative estimate of drug-likeness (QED) is 0.791. The Balaban J connectivity index is 1.64. The van der Waals surface area contributed by atoms with Crippen molar-refractivity contribution in [3.63, 3.8) is 0 Å². The number of hydrogen-bond donors (Lipinski definition) is 0. The zero-order valence-corrected chi connectivity index (χ0v) is 15.6. The van der Waals surface area contributed by atoms with E-state index in [1.807, 2.05) is 30.3 Å². The average molecular weight is 351 g/mol. The summed E-state index contributed by atoms with van der Waals surface area (Å²) >= 11 is 0. The lowest BCUT2D eigenvalue weighted by atomic mass is 9.87. The van der Waals surface area contributed by atoms with E-state index in [4.69, 9.17) is 14.2 Å². The molecule has 4 heteroatoms. The molecule has 0 N–H and O–H groups in total. The van der Waals surface area contributed by atoms with Gasteiger partial charge in [-0.2, -0.15) is 0 Å². The van der Waals surface area contributed by atoms with Crippen LogP contribution in [0.3, 0.4) is 0 Å². The fourth-order valence-electron chi connectivity index (χ4n) is 4.07. The fraction of sp³-hybridized carbons (Fsp3) is 0.364. The van der Waals surface area contributed by atoms with Gasteiger partial charge in [-0.25, -0.2) is 0 Å². The molecule has 2 aliphatic heterocycles. The smallest absolute Gasteiger partial charge is 0.120 e. The Morgan fingerprint density at radius 3 is 2.38 bits per heavy atom. The number of rotatable bonds is 5. The van der Waals surface area contributed by atoms with Gasteiger partial charge in [0.25, 0.3) is 0 Å². The predicted molar refractivity (Wildman–Crippen MR) is 104 cm³/mol. The summed E-state index contributed by atoms with van der Waals surface area (Å²) in [6.45, 7) is 3.95. The Morgan fingerprint density at radius 2 is 1.65 bits per heavy atom. The molecule has 1 unspecified atom stereocenters. The van der Waals surface area contributed by atoms with E-state index in [0.717, 1.165) is 23.8 Å². The number of ether oxygens (including phenoxy) is 3. The van der Waals surface area contributed by atoms with Gasteiger partial charge in [0, 0.05) is 17.8 Å². The average Bonchev–Trinajstić information content (AvgIpc) is 3.07. The van der Waals surface area contributed by atoms with Gasteiger partial charge in [-0.05, 0) is 67.8 Å². The van der Waals surface area contributed by atoms with Crippen LogP contribution in [0, 0.1) is 0 Å². The van der Waals surface area contributed by atoms with Gasteiger partial charge >= 0.3 is 0 Å². The first-order chi connectivity index (χ1) is 12.6. The minimum Gasteiger partial charge on any atom is -0.497 e. The molecule has 2 heterocycles. The Kier molecular flexibility index (Phi) is 4.27. The molecule has 0 spiro atoms. The lowest BCUT2D eigenvalue weighted by Crippen LogP contribution is -2.42. The molecular weight excluding hydrogens is 326 g/mol. The molecule has 4 nitrogen and oxygen atoms in total. The summed E-state index contributed by atoms with van der Waals surface area (Å²) < 4.78 is 16.7. The van der Waals surface area contributed by atoms with E-state index in [0.29, 0.717) is 6.61 Å². The van der Waals surface area contributed by atoms with Gasteiger partial charge in [-0.15, -0.1) is 0 Å². The molecule has 0 bridgehead atoms. The normalized spacial score (nSPS) is 20.9. The van der Waals surface area contributed by atoms with Crippen molar-refractivity contribution in [2.45, 2.75) is 25.3 Å². The molecule has 0 amide bonds. The summed E-state index contributed by atoms with van der Waals surface area (Å²) in [6.07, 6.45) is 4.76. The van der Waals surface area contributed by atoms with E-state index in [2.05, 4.69) is 30.0 Å². The van der Waals surface area contributed by atoms with Gasteiger partial charge in [0.1, 0.15) is 23.9 Å². The molecule has 0 aromatic heterocycles. The molecule has 2 aliphatic rings. The van der Waals surface area contributed by atoms with Crippen LogP contribution in [0.2, 0.25) is 0 Å². The summed E-state index contributed by atoms with van der Waals surface area (Å²) in [7, 11) is 3.38. The number of fused-ring (bicyclic) bond motifs is 3. The van der Waals surface area contributed by atoms with Crippen LogP contribution >= 0.6 is 0 Å². The van der Waals surface area contributed by atoms with Gasteiger partial charge in [0.15, 0.2) is 0 Å². The molecule has 136 valence electrons. The lowest BCUT2D eigenvalue weighted by Gasteiger charge is -2.40. The highest BCUT2D eigenvalue weighted by Gasteiger charge is 2.39. The molecule has 0 aliphatic carbocycles. The SMILES string of the molecule is COc1ccc(OCC2=CC3(C)CCCN3c3ccc(OC)cc32)cc1. The number of nitrogens with zero attached hydrogens (tertiary/aromatic N) is 1. The summed E-state index contributed by atoms with van der Waals surface area (Å²) in [5.41, 5.74) is 3.77. The Hall–Kier alpha value is -2.62. The second-order valence-electron chi connectivity index (χ2n) is 7.13. The van der Waals surface area contributed by atoms with E-state index in [-0.39, 0.29) is 5.54 Å². The Morgan fingerprint density at radius 1 is 0.962 bits per heavy atom. The van der Waals surface area contributed by atoms with Gasteiger partial charge in [0.2, 0.25) is 0 Å². The lowest BCUT2D eigenvalue weighted by molar-refractivity contribution is 0.365. The molecular formula is C22H25NO3. The predicted octanol–water partition coefficient (Wildman–Crippen LogP) is 4.54. The minimum atomic E-state index is 0.0696. The zero-order valence-electron chi connectivity index (χ0n) is 15.6. The third-order valence-electron chi connectivity index (χ3n) is 5.46. The van der Waals surface area contributed by atoms with Crippen LogP contribution in [0.5, 0.6) is 17.2 Å². The van der Waals surface area contributed by atoms with Crippen LogP contribution in [-0.4, -0.2) is 32.9 Å². The van der Waals surface area contributed by atoms with Crippen LogP contribution < -0.4 is 19.1 Å². The molecule has 1 atom stereocenters. The van der Waals surface area contributed by atoms with Crippen LogP contribution in [0.15, 0.2) is 48.5 Å². The van der Waals surface area contributed by atoms with E-state index >= 15 is 0 Å². The second kappa shape index (κ2) is 6.60. The maximum absolute atomic E-state index is 6.09. The maximum atomic E-state index is 6.09. The topological polar surface area (TPSA) is 30.9 Å². The van der Waals surface area contributed by atoms with Crippen molar-refractivity contribution in [1.29, 1.82) is 0 Å². The molecule has 4 rings (SSSR count). The highest BCUT2D eigenvalue weighted by Crippen LogP contribution is 2.45. The minimum absolute atomic E-state index is 0.0696. The number of hydrogen-bond acceptors (Lipinski definition) is 4.